The van der Waals surface area contributed by atoms with Gasteiger partial charge in [-0.2, -0.15) is 9.57 Å². The smallest absolute Gasteiger partial charge is 0.243 e. The number of carbonyl (C=O) groups excluding carboxylic acids is 2. The maximum absolute atomic E-state index is 13.1. The first-order valence-corrected chi connectivity index (χ1v) is 12.8. The molecule has 1 aliphatic rings. The third-order valence-corrected chi connectivity index (χ3v) is 7.96. The number of para-hydroxylation sites is 1. The fourth-order valence-electron chi connectivity index (χ4n) is 3.98. The molecule has 0 unspecified atom stereocenters. The molecule has 0 aromatic heterocycles. The minimum Gasteiger partial charge on any atom is -0.340 e. The first-order valence-electron chi connectivity index (χ1n) is 11.3. The lowest BCUT2D eigenvalue weighted by Crippen LogP contribution is -2.50. The zero-order valence-electron chi connectivity index (χ0n) is 19.6. The average Bonchev–Trinajstić information content (AvgIpc) is 2.85. The molecule has 1 saturated heterocycles. The highest BCUT2D eigenvalue weighted by Gasteiger charge is 2.31. The summed E-state index contributed by atoms with van der Waals surface area (Å²) in [5.41, 5.74) is 2.27. The Morgan fingerprint density at radius 2 is 1.68 bits per heavy atom. The molecule has 0 radical (unpaired) electrons. The molecule has 8 nitrogen and oxygen atoms in total. The molecule has 3 rings (SSSR count). The second kappa shape index (κ2) is 11.3. The van der Waals surface area contributed by atoms with E-state index in [0.717, 1.165) is 5.56 Å². The van der Waals surface area contributed by atoms with Crippen molar-refractivity contribution in [1.29, 1.82) is 5.26 Å². The van der Waals surface area contributed by atoms with Crippen LogP contribution in [0.5, 0.6) is 0 Å². The van der Waals surface area contributed by atoms with Crippen molar-refractivity contribution in [3.05, 3.63) is 59.7 Å². The highest BCUT2D eigenvalue weighted by Crippen LogP contribution is 2.23. The van der Waals surface area contributed by atoms with E-state index in [2.05, 4.69) is 6.07 Å². The van der Waals surface area contributed by atoms with Crippen LogP contribution in [0.3, 0.4) is 0 Å². The first-order chi connectivity index (χ1) is 16.2. The molecule has 1 aliphatic heterocycles. The Morgan fingerprint density at radius 3 is 2.32 bits per heavy atom. The number of anilines is 1. The third-order valence-electron chi connectivity index (χ3n) is 5.92. The van der Waals surface area contributed by atoms with E-state index in [-0.39, 0.29) is 63.8 Å². The van der Waals surface area contributed by atoms with Crippen LogP contribution in [-0.2, 0) is 19.6 Å². The Bertz CT molecular complexity index is 1170. The van der Waals surface area contributed by atoms with Crippen molar-refractivity contribution in [2.45, 2.75) is 38.0 Å². The molecule has 0 aliphatic carbocycles. The van der Waals surface area contributed by atoms with E-state index >= 15 is 0 Å². The number of hydrogen-bond acceptors (Lipinski definition) is 5. The number of benzene rings is 2. The topological polar surface area (TPSA) is 102 Å². The highest BCUT2D eigenvalue weighted by atomic mass is 32.2. The predicted molar refractivity (Wildman–Crippen MR) is 130 cm³/mol. The fraction of sp³-hybridized carbons (Fsp3) is 0.400. The number of nitriles is 1. The second-order valence-corrected chi connectivity index (χ2v) is 10.2. The summed E-state index contributed by atoms with van der Waals surface area (Å²) >= 11 is 0. The van der Waals surface area contributed by atoms with Gasteiger partial charge in [0.15, 0.2) is 0 Å². The molecule has 0 spiro atoms. The van der Waals surface area contributed by atoms with Gasteiger partial charge in [-0.1, -0.05) is 30.3 Å². The molecule has 2 amide bonds. The lowest BCUT2D eigenvalue weighted by Gasteiger charge is -2.34. The van der Waals surface area contributed by atoms with Gasteiger partial charge in [-0.05, 0) is 43.2 Å². The molecule has 2 aromatic rings. The lowest BCUT2D eigenvalue weighted by molar-refractivity contribution is -0.134. The summed E-state index contributed by atoms with van der Waals surface area (Å²) in [6.45, 7) is 4.90. The van der Waals surface area contributed by atoms with Crippen LogP contribution in [0.25, 0.3) is 0 Å². The number of aryl methyl sites for hydroxylation is 2. The van der Waals surface area contributed by atoms with Gasteiger partial charge in [-0.15, -0.1) is 0 Å². The van der Waals surface area contributed by atoms with Crippen LogP contribution in [0.15, 0.2) is 53.4 Å². The van der Waals surface area contributed by atoms with Gasteiger partial charge in [0.1, 0.15) is 0 Å². The van der Waals surface area contributed by atoms with Crippen LogP contribution in [0.4, 0.5) is 5.69 Å². The first kappa shape index (κ1) is 25.4. The lowest BCUT2D eigenvalue weighted by atomic mass is 10.2. The van der Waals surface area contributed by atoms with Gasteiger partial charge in [0.25, 0.3) is 0 Å². The van der Waals surface area contributed by atoms with Gasteiger partial charge >= 0.3 is 0 Å². The number of rotatable bonds is 8. The van der Waals surface area contributed by atoms with E-state index < -0.39 is 10.0 Å². The molecule has 9 heteroatoms. The van der Waals surface area contributed by atoms with E-state index in [0.29, 0.717) is 16.1 Å². The van der Waals surface area contributed by atoms with Crippen molar-refractivity contribution in [3.8, 4) is 6.07 Å². The molecule has 180 valence electrons. The zero-order valence-corrected chi connectivity index (χ0v) is 20.4. The molecular formula is C25H30N4O4S. The summed E-state index contributed by atoms with van der Waals surface area (Å²) in [5, 5.41) is 8.92. The van der Waals surface area contributed by atoms with Crippen molar-refractivity contribution < 1.29 is 18.0 Å². The van der Waals surface area contributed by atoms with Crippen molar-refractivity contribution in [2.75, 3.05) is 37.6 Å². The Morgan fingerprint density at radius 1 is 1.00 bits per heavy atom. The SMILES string of the molecule is Cc1ccc(C)c(S(=O)(=O)N2CCN(C(=O)CCC(=O)N(CCC#N)c3ccccc3)CC2)c1. The van der Waals surface area contributed by atoms with E-state index in [1.54, 1.807) is 36.1 Å². The van der Waals surface area contributed by atoms with E-state index in [4.69, 9.17) is 5.26 Å². The van der Waals surface area contributed by atoms with Gasteiger partial charge in [-0.3, -0.25) is 9.59 Å². The zero-order chi connectivity index (χ0) is 24.7. The monoisotopic (exact) mass is 482 g/mol. The van der Waals surface area contributed by atoms with Crippen molar-refractivity contribution in [3.63, 3.8) is 0 Å². The molecule has 0 bridgehead atoms. The summed E-state index contributed by atoms with van der Waals surface area (Å²) < 4.78 is 27.6. The molecule has 0 atom stereocenters. The number of amides is 2. The van der Waals surface area contributed by atoms with Crippen LogP contribution in [-0.4, -0.2) is 62.2 Å². The third kappa shape index (κ3) is 6.01. The van der Waals surface area contributed by atoms with Crippen molar-refractivity contribution >= 4 is 27.5 Å². The van der Waals surface area contributed by atoms with Crippen LogP contribution in [0.1, 0.15) is 30.4 Å². The van der Waals surface area contributed by atoms with E-state index in [9.17, 15) is 18.0 Å². The number of nitrogens with zero attached hydrogens (tertiary/aromatic N) is 4. The molecule has 0 N–H and O–H groups in total. The van der Waals surface area contributed by atoms with Crippen molar-refractivity contribution in [1.82, 2.24) is 9.21 Å². The van der Waals surface area contributed by atoms with Gasteiger partial charge in [0, 0.05) is 51.3 Å². The summed E-state index contributed by atoms with van der Waals surface area (Å²) in [7, 11) is -3.63. The maximum Gasteiger partial charge on any atom is 0.243 e. The Labute approximate surface area is 201 Å². The van der Waals surface area contributed by atoms with Gasteiger partial charge in [0.2, 0.25) is 21.8 Å². The summed E-state index contributed by atoms with van der Waals surface area (Å²) in [4.78, 5) is 29.0. The normalized spacial score (nSPS) is 14.4. The molecular weight excluding hydrogens is 452 g/mol. The summed E-state index contributed by atoms with van der Waals surface area (Å²) in [5.74, 6) is -0.392. The molecule has 0 saturated carbocycles. The predicted octanol–water partition coefficient (Wildman–Crippen LogP) is 2.86. The number of sulfonamides is 1. The Kier molecular flexibility index (Phi) is 8.42. The van der Waals surface area contributed by atoms with Crippen LogP contribution >= 0.6 is 0 Å². The minimum absolute atomic E-state index is 0.0279. The van der Waals surface area contributed by atoms with Crippen LogP contribution < -0.4 is 4.90 Å². The number of piperazine rings is 1. The molecule has 34 heavy (non-hydrogen) atoms. The number of carbonyl (C=O) groups is 2. The maximum atomic E-state index is 13.1. The molecule has 1 heterocycles. The average molecular weight is 483 g/mol. The van der Waals surface area contributed by atoms with Crippen LogP contribution in [0, 0.1) is 25.2 Å². The molecule has 1 fully saturated rings. The summed E-state index contributed by atoms with van der Waals surface area (Å²) in [6, 6.07) is 16.5. The van der Waals surface area contributed by atoms with Gasteiger partial charge in [0.05, 0.1) is 17.4 Å². The van der Waals surface area contributed by atoms with E-state index in [1.807, 2.05) is 31.2 Å². The van der Waals surface area contributed by atoms with Crippen LogP contribution in [0.2, 0.25) is 0 Å². The highest BCUT2D eigenvalue weighted by molar-refractivity contribution is 7.89. The van der Waals surface area contributed by atoms with Crippen molar-refractivity contribution in [2.24, 2.45) is 0 Å². The Hall–Kier alpha value is -3.22. The van der Waals surface area contributed by atoms with Gasteiger partial charge in [-0.25, -0.2) is 8.42 Å². The quantitative estimate of drug-likeness (QED) is 0.576. The second-order valence-electron chi connectivity index (χ2n) is 8.34. The van der Waals surface area contributed by atoms with E-state index in [1.165, 1.54) is 9.21 Å². The number of hydrogen-bond donors (Lipinski definition) is 0. The largest absolute Gasteiger partial charge is 0.340 e. The fourth-order valence-corrected chi connectivity index (χ4v) is 5.71. The minimum atomic E-state index is -3.63. The Balaban J connectivity index is 1.56. The summed E-state index contributed by atoms with van der Waals surface area (Å²) in [6.07, 6.45) is 0.268. The van der Waals surface area contributed by atoms with Gasteiger partial charge < -0.3 is 9.80 Å². The molecule has 2 aromatic carbocycles. The standard InChI is InChI=1S/C25H30N4O4S/c1-20-9-10-21(2)23(19-20)34(32,33)28-17-15-27(16-18-28)24(30)11-12-25(31)29(14-6-13-26)22-7-4-3-5-8-22/h3-5,7-10,19H,6,11-12,14-18H2,1-2H3.